The summed E-state index contributed by atoms with van der Waals surface area (Å²) in [5.74, 6) is -0.303. The molecule has 3 nitrogen and oxygen atoms in total. The molecule has 0 bridgehead atoms. The average molecular weight is 99.1 g/mol. The van der Waals surface area contributed by atoms with E-state index in [-0.39, 0.29) is 5.91 Å². The van der Waals surface area contributed by atoms with Crippen molar-refractivity contribution in [3.63, 3.8) is 0 Å². The molecule has 1 radical (unpaired) electrons. The van der Waals surface area contributed by atoms with Gasteiger partial charge in [0.25, 0.3) is 5.91 Å². The topological polar surface area (TPSA) is 55.5 Å². The maximum absolute atomic E-state index is 10.1. The van der Waals surface area contributed by atoms with E-state index in [1.807, 2.05) is 0 Å². The summed E-state index contributed by atoms with van der Waals surface area (Å²) < 4.78 is 0. The normalized spacial score (nSPS) is 9.86. The number of carbonyl (C=O) groups is 1. The molecule has 0 aliphatic heterocycles. The Morgan fingerprint density at radius 2 is 2.43 bits per heavy atom. The summed E-state index contributed by atoms with van der Waals surface area (Å²) in [6.07, 6.45) is 2.31. The third kappa shape index (κ3) is 2.96. The van der Waals surface area contributed by atoms with Crippen LogP contribution in [0.1, 0.15) is 6.92 Å². The van der Waals surface area contributed by atoms with E-state index in [4.69, 9.17) is 5.73 Å². The van der Waals surface area contributed by atoms with Gasteiger partial charge < -0.3 is 5.73 Å². The van der Waals surface area contributed by atoms with E-state index in [2.05, 4.69) is 4.99 Å². The number of carbonyl (C=O) groups excluding carboxylic acids is 1. The lowest BCUT2D eigenvalue weighted by Crippen LogP contribution is -1.95. The molecular weight excluding hydrogens is 92.1 g/mol. The third-order valence-corrected chi connectivity index (χ3v) is 0.449. The van der Waals surface area contributed by atoms with Crippen molar-refractivity contribution >= 4 is 12.2 Å². The summed E-state index contributed by atoms with van der Waals surface area (Å²) in [6.45, 7) is 1.61. The Hall–Kier alpha value is -0.860. The molecule has 0 spiro atoms. The van der Waals surface area contributed by atoms with Crippen molar-refractivity contribution in [1.29, 1.82) is 0 Å². The molecule has 0 aliphatic rings. The fraction of sp³-hybridized carbons (Fsp3) is 0.250. The van der Waals surface area contributed by atoms with Gasteiger partial charge in [0.05, 0.1) is 6.34 Å². The van der Waals surface area contributed by atoms with Gasteiger partial charge in [-0.05, 0) is 0 Å². The van der Waals surface area contributed by atoms with Gasteiger partial charge in [0.2, 0.25) is 0 Å². The molecule has 0 aromatic carbocycles. The standard InChI is InChI=1S/C4H7N2O/c1-2-4(7)6-3-5/h2-3H,1H3,(H2,5,6,7). The lowest BCUT2D eigenvalue weighted by atomic mass is 10.5. The zero-order valence-electron chi connectivity index (χ0n) is 4.09. The summed E-state index contributed by atoms with van der Waals surface area (Å²) in [4.78, 5) is 13.3. The van der Waals surface area contributed by atoms with Gasteiger partial charge in [-0.1, -0.05) is 6.92 Å². The zero-order chi connectivity index (χ0) is 5.70. The van der Waals surface area contributed by atoms with Gasteiger partial charge >= 0.3 is 0 Å². The van der Waals surface area contributed by atoms with E-state index in [0.29, 0.717) is 0 Å². The molecule has 0 fully saturated rings. The van der Waals surface area contributed by atoms with Crippen molar-refractivity contribution in [2.75, 3.05) is 0 Å². The number of nitrogens with zero attached hydrogens (tertiary/aromatic N) is 1. The highest BCUT2D eigenvalue weighted by Crippen LogP contribution is 1.75. The summed E-state index contributed by atoms with van der Waals surface area (Å²) in [7, 11) is 0. The fourth-order valence-electron chi connectivity index (χ4n) is 0.148. The van der Waals surface area contributed by atoms with Crippen LogP contribution in [-0.2, 0) is 4.79 Å². The van der Waals surface area contributed by atoms with Crippen molar-refractivity contribution in [2.45, 2.75) is 6.92 Å². The van der Waals surface area contributed by atoms with E-state index < -0.39 is 0 Å². The molecule has 1 amide bonds. The smallest absolute Gasteiger partial charge is 0.250 e. The number of rotatable bonds is 1. The molecule has 0 saturated heterocycles. The molecule has 3 heteroatoms. The average Bonchev–Trinajstić information content (AvgIpc) is 1.68. The molecule has 39 valence electrons. The van der Waals surface area contributed by atoms with Crippen molar-refractivity contribution < 1.29 is 4.79 Å². The van der Waals surface area contributed by atoms with Crippen LogP contribution in [0.25, 0.3) is 0 Å². The van der Waals surface area contributed by atoms with Crippen molar-refractivity contribution in [1.82, 2.24) is 0 Å². The molecular formula is C4H7N2O. The van der Waals surface area contributed by atoms with Crippen LogP contribution in [0.15, 0.2) is 4.99 Å². The third-order valence-electron chi connectivity index (χ3n) is 0.449. The van der Waals surface area contributed by atoms with Gasteiger partial charge in [-0.3, -0.25) is 4.79 Å². The van der Waals surface area contributed by atoms with Crippen LogP contribution in [0.5, 0.6) is 0 Å². The van der Waals surface area contributed by atoms with Crippen molar-refractivity contribution in [3.05, 3.63) is 6.42 Å². The highest BCUT2D eigenvalue weighted by Gasteiger charge is 1.86. The largest absolute Gasteiger partial charge is 0.390 e. The maximum Gasteiger partial charge on any atom is 0.250 e. The van der Waals surface area contributed by atoms with Gasteiger partial charge in [0.15, 0.2) is 0 Å². The van der Waals surface area contributed by atoms with Crippen LogP contribution in [0, 0.1) is 6.42 Å². The maximum atomic E-state index is 10.1. The van der Waals surface area contributed by atoms with Crippen LogP contribution in [0.3, 0.4) is 0 Å². The predicted octanol–water partition coefficient (Wildman–Crippen LogP) is -0.276. The molecule has 7 heavy (non-hydrogen) atoms. The van der Waals surface area contributed by atoms with Crippen molar-refractivity contribution in [3.8, 4) is 0 Å². The SMILES string of the molecule is C[CH]C(=O)N=CN. The zero-order valence-corrected chi connectivity index (χ0v) is 4.09. The minimum atomic E-state index is -0.303. The Bertz CT molecular complexity index is 87.7. The Kier molecular flexibility index (Phi) is 2.92. The first-order chi connectivity index (χ1) is 3.31. The van der Waals surface area contributed by atoms with Gasteiger partial charge in [-0.2, -0.15) is 0 Å². The molecule has 0 rings (SSSR count). The van der Waals surface area contributed by atoms with Crippen LogP contribution in [0.4, 0.5) is 0 Å². The highest BCUT2D eigenvalue weighted by atomic mass is 16.1. The lowest BCUT2D eigenvalue weighted by Gasteiger charge is -1.77. The molecule has 0 aromatic heterocycles. The second-order valence-electron chi connectivity index (χ2n) is 0.905. The van der Waals surface area contributed by atoms with E-state index in [9.17, 15) is 4.79 Å². The first-order valence-electron chi connectivity index (χ1n) is 1.89. The monoisotopic (exact) mass is 99.1 g/mol. The summed E-state index contributed by atoms with van der Waals surface area (Å²) in [5, 5.41) is 0. The fourth-order valence-corrected chi connectivity index (χ4v) is 0.148. The summed E-state index contributed by atoms with van der Waals surface area (Å²) in [6, 6.07) is 0. The van der Waals surface area contributed by atoms with Gasteiger partial charge in [-0.25, -0.2) is 4.99 Å². The molecule has 2 N–H and O–H groups in total. The van der Waals surface area contributed by atoms with Crippen LogP contribution < -0.4 is 5.73 Å². The van der Waals surface area contributed by atoms with Gasteiger partial charge in [0, 0.05) is 6.42 Å². The number of nitrogens with two attached hydrogens (primary N) is 1. The van der Waals surface area contributed by atoms with E-state index in [0.717, 1.165) is 6.34 Å². The molecule has 0 atom stereocenters. The van der Waals surface area contributed by atoms with E-state index in [1.54, 1.807) is 6.92 Å². The summed E-state index contributed by atoms with van der Waals surface area (Å²) in [5.41, 5.74) is 4.77. The molecule has 0 saturated carbocycles. The minimum Gasteiger partial charge on any atom is -0.390 e. The Morgan fingerprint density at radius 3 is 2.57 bits per heavy atom. The number of amides is 1. The quantitative estimate of drug-likeness (QED) is 0.363. The van der Waals surface area contributed by atoms with Crippen LogP contribution in [-0.4, -0.2) is 12.2 Å². The Balaban J connectivity index is 3.37. The van der Waals surface area contributed by atoms with Gasteiger partial charge in [-0.15, -0.1) is 0 Å². The molecule has 0 aromatic rings. The molecule has 0 heterocycles. The van der Waals surface area contributed by atoms with Gasteiger partial charge in [0.1, 0.15) is 0 Å². The first kappa shape index (κ1) is 6.14. The Labute approximate surface area is 42.2 Å². The van der Waals surface area contributed by atoms with E-state index in [1.165, 1.54) is 6.42 Å². The highest BCUT2D eigenvalue weighted by molar-refractivity contribution is 5.90. The number of hydrogen-bond donors (Lipinski definition) is 1. The van der Waals surface area contributed by atoms with E-state index >= 15 is 0 Å². The number of aliphatic imine (C=N–C) groups is 1. The minimum absolute atomic E-state index is 0.303. The van der Waals surface area contributed by atoms with Crippen LogP contribution in [0.2, 0.25) is 0 Å². The second kappa shape index (κ2) is 3.33. The first-order valence-corrected chi connectivity index (χ1v) is 1.89. The predicted molar refractivity (Wildman–Crippen MR) is 27.7 cm³/mol. The van der Waals surface area contributed by atoms with Crippen LogP contribution >= 0.6 is 0 Å². The summed E-state index contributed by atoms with van der Waals surface area (Å²) >= 11 is 0. The second-order valence-corrected chi connectivity index (χ2v) is 0.905. The molecule has 0 aliphatic carbocycles. The lowest BCUT2D eigenvalue weighted by molar-refractivity contribution is -0.114. The Morgan fingerprint density at radius 1 is 1.86 bits per heavy atom. The van der Waals surface area contributed by atoms with Crippen molar-refractivity contribution in [2.24, 2.45) is 10.7 Å². The number of hydrogen-bond acceptors (Lipinski definition) is 1. The molecule has 0 unspecified atom stereocenters.